The minimum Gasteiger partial charge on any atom is -0.293 e. The average Bonchev–Trinajstić information content (AvgIpc) is 2.39. The number of carbonyl (C=O) groups is 1. The second kappa shape index (κ2) is 5.48. The van der Waals surface area contributed by atoms with Gasteiger partial charge < -0.3 is 0 Å². The van der Waals surface area contributed by atoms with Crippen molar-refractivity contribution in [2.75, 3.05) is 0 Å². The molecule has 0 bridgehead atoms. The lowest BCUT2D eigenvalue weighted by Gasteiger charge is -2.10. The average molecular weight is 310 g/mol. The van der Waals surface area contributed by atoms with Gasteiger partial charge in [-0.3, -0.25) is 4.79 Å². The van der Waals surface area contributed by atoms with E-state index in [0.717, 1.165) is 5.56 Å². The van der Waals surface area contributed by atoms with Crippen LogP contribution in [0.4, 0.5) is 0 Å². The van der Waals surface area contributed by atoms with Crippen LogP contribution in [0.25, 0.3) is 0 Å². The Bertz CT molecular complexity index is 525. The van der Waals surface area contributed by atoms with Crippen LogP contribution < -0.4 is 0 Å². The predicted molar refractivity (Wildman–Crippen MR) is 73.9 cm³/mol. The van der Waals surface area contributed by atoms with E-state index >= 15 is 0 Å². The zero-order valence-electron chi connectivity index (χ0n) is 8.94. The molecule has 0 saturated heterocycles. The van der Waals surface area contributed by atoms with Crippen LogP contribution in [0.2, 0.25) is 5.02 Å². The molecule has 0 amide bonds. The smallest absolute Gasteiger partial charge is 0.180 e. The number of hydrogen-bond donors (Lipinski definition) is 0. The van der Waals surface area contributed by atoms with Gasteiger partial charge in [0.15, 0.2) is 5.78 Å². The molecule has 2 aromatic rings. The summed E-state index contributed by atoms with van der Waals surface area (Å²) in [4.78, 5) is 11.8. The molecule has 17 heavy (non-hydrogen) atoms. The number of hydrogen-bond acceptors (Lipinski definition) is 1. The third-order valence-electron chi connectivity index (χ3n) is 2.47. The molecule has 0 aliphatic rings. The Morgan fingerprint density at radius 2 is 1.59 bits per heavy atom. The quantitative estimate of drug-likeness (QED) is 0.595. The highest BCUT2D eigenvalue weighted by atomic mass is 79.9. The van der Waals surface area contributed by atoms with Crippen molar-refractivity contribution in [1.82, 2.24) is 0 Å². The molecule has 0 fully saturated rings. The van der Waals surface area contributed by atoms with E-state index in [1.54, 1.807) is 18.2 Å². The van der Waals surface area contributed by atoms with Crippen molar-refractivity contribution in [3.05, 3.63) is 70.7 Å². The van der Waals surface area contributed by atoms with Crippen molar-refractivity contribution in [3.63, 3.8) is 0 Å². The van der Waals surface area contributed by atoms with E-state index in [-0.39, 0.29) is 5.78 Å². The Labute approximate surface area is 114 Å². The summed E-state index contributed by atoms with van der Waals surface area (Å²) < 4.78 is 0. The van der Waals surface area contributed by atoms with Gasteiger partial charge in [-0.15, -0.1) is 0 Å². The van der Waals surface area contributed by atoms with Gasteiger partial charge in [0.1, 0.15) is 4.83 Å². The van der Waals surface area contributed by atoms with Gasteiger partial charge in [-0.05, 0) is 11.6 Å². The van der Waals surface area contributed by atoms with Crippen molar-refractivity contribution in [2.45, 2.75) is 4.83 Å². The maximum absolute atomic E-state index is 12.2. The minimum absolute atomic E-state index is 0.0127. The van der Waals surface area contributed by atoms with Gasteiger partial charge in [-0.25, -0.2) is 0 Å². The third kappa shape index (κ3) is 2.76. The van der Waals surface area contributed by atoms with E-state index in [0.29, 0.717) is 10.6 Å². The third-order valence-corrected chi connectivity index (χ3v) is 3.72. The molecule has 2 rings (SSSR count). The molecule has 2 aromatic carbocycles. The van der Waals surface area contributed by atoms with Crippen molar-refractivity contribution >= 4 is 33.3 Å². The Morgan fingerprint density at radius 3 is 2.24 bits per heavy atom. The molecule has 0 N–H and O–H groups in total. The molecule has 0 unspecified atom stereocenters. The first-order valence-electron chi connectivity index (χ1n) is 5.18. The fourth-order valence-corrected chi connectivity index (χ4v) is 2.61. The summed E-state index contributed by atoms with van der Waals surface area (Å²) in [6, 6.07) is 16.5. The topological polar surface area (TPSA) is 17.1 Å². The van der Waals surface area contributed by atoms with Crippen LogP contribution in [0.1, 0.15) is 20.7 Å². The van der Waals surface area contributed by atoms with Gasteiger partial charge >= 0.3 is 0 Å². The van der Waals surface area contributed by atoms with Crippen molar-refractivity contribution in [1.29, 1.82) is 0 Å². The van der Waals surface area contributed by atoms with Crippen LogP contribution in [0, 0.1) is 0 Å². The number of ketones is 1. The fraction of sp³-hybridized carbons (Fsp3) is 0.0714. The Kier molecular flexibility index (Phi) is 3.97. The first-order valence-corrected chi connectivity index (χ1v) is 6.47. The highest BCUT2D eigenvalue weighted by Crippen LogP contribution is 2.31. The van der Waals surface area contributed by atoms with Gasteiger partial charge in [0.05, 0.1) is 0 Å². The van der Waals surface area contributed by atoms with E-state index in [1.165, 1.54) is 0 Å². The number of halogens is 2. The van der Waals surface area contributed by atoms with Gasteiger partial charge in [0.25, 0.3) is 0 Å². The lowest BCUT2D eigenvalue weighted by molar-refractivity contribution is 0.0991. The first kappa shape index (κ1) is 12.3. The standard InChI is InChI=1S/C14H10BrClO/c15-13(11-8-4-5-9-12(11)16)14(17)10-6-2-1-3-7-10/h1-9,13H/t13-/m0/s1. The van der Waals surface area contributed by atoms with Gasteiger partial charge in [0, 0.05) is 10.6 Å². The molecule has 3 heteroatoms. The second-order valence-electron chi connectivity index (χ2n) is 3.61. The number of benzene rings is 2. The molecule has 0 radical (unpaired) electrons. The number of carbonyl (C=O) groups excluding carboxylic acids is 1. The summed E-state index contributed by atoms with van der Waals surface area (Å²) in [5, 5.41) is 0.596. The predicted octanol–water partition coefficient (Wildman–Crippen LogP) is 4.66. The summed E-state index contributed by atoms with van der Waals surface area (Å²) in [6.45, 7) is 0. The highest BCUT2D eigenvalue weighted by Gasteiger charge is 2.20. The molecular weight excluding hydrogens is 300 g/mol. The van der Waals surface area contributed by atoms with Crippen LogP contribution in [0.15, 0.2) is 54.6 Å². The van der Waals surface area contributed by atoms with Gasteiger partial charge in [-0.1, -0.05) is 76.1 Å². The maximum Gasteiger partial charge on any atom is 0.180 e. The maximum atomic E-state index is 12.2. The fourth-order valence-electron chi connectivity index (χ4n) is 1.57. The van der Waals surface area contributed by atoms with E-state index in [2.05, 4.69) is 15.9 Å². The lowest BCUT2D eigenvalue weighted by Crippen LogP contribution is -2.07. The van der Waals surface area contributed by atoms with Crippen molar-refractivity contribution < 1.29 is 4.79 Å². The molecular formula is C14H10BrClO. The molecule has 86 valence electrons. The van der Waals surface area contributed by atoms with Crippen LogP contribution in [0.5, 0.6) is 0 Å². The van der Waals surface area contributed by atoms with Crippen molar-refractivity contribution in [3.8, 4) is 0 Å². The lowest BCUT2D eigenvalue weighted by atomic mass is 10.0. The second-order valence-corrected chi connectivity index (χ2v) is 4.94. The van der Waals surface area contributed by atoms with E-state index in [1.807, 2.05) is 36.4 Å². The number of Topliss-reactive ketones (excluding diaryl/α,β-unsaturated/α-hetero) is 1. The zero-order valence-corrected chi connectivity index (χ0v) is 11.3. The number of alkyl halides is 1. The van der Waals surface area contributed by atoms with E-state index < -0.39 is 4.83 Å². The summed E-state index contributed by atoms with van der Waals surface area (Å²) in [6.07, 6.45) is 0. The molecule has 0 aromatic heterocycles. The van der Waals surface area contributed by atoms with Gasteiger partial charge in [0.2, 0.25) is 0 Å². The summed E-state index contributed by atoms with van der Waals surface area (Å²) in [5.74, 6) is 0.0127. The molecule has 0 spiro atoms. The first-order chi connectivity index (χ1) is 8.20. The largest absolute Gasteiger partial charge is 0.293 e. The molecule has 1 nitrogen and oxygen atoms in total. The molecule has 0 heterocycles. The SMILES string of the molecule is O=C(c1ccccc1)[C@@H](Br)c1ccccc1Cl. The Balaban J connectivity index is 2.30. The Morgan fingerprint density at radius 1 is 1.00 bits per heavy atom. The molecule has 0 saturated carbocycles. The monoisotopic (exact) mass is 308 g/mol. The zero-order chi connectivity index (χ0) is 12.3. The molecule has 1 atom stereocenters. The van der Waals surface area contributed by atoms with Crippen LogP contribution in [-0.2, 0) is 0 Å². The highest BCUT2D eigenvalue weighted by molar-refractivity contribution is 9.09. The Hall–Kier alpha value is -1.12. The van der Waals surface area contributed by atoms with E-state index in [9.17, 15) is 4.79 Å². The summed E-state index contributed by atoms with van der Waals surface area (Å²) >= 11 is 9.47. The van der Waals surface area contributed by atoms with Gasteiger partial charge in [-0.2, -0.15) is 0 Å². The molecule has 0 aliphatic heterocycles. The number of rotatable bonds is 3. The summed E-state index contributed by atoms with van der Waals surface area (Å²) in [5.41, 5.74) is 1.47. The van der Waals surface area contributed by atoms with Crippen LogP contribution in [0.3, 0.4) is 0 Å². The normalized spacial score (nSPS) is 12.1. The van der Waals surface area contributed by atoms with E-state index in [4.69, 9.17) is 11.6 Å². The van der Waals surface area contributed by atoms with Crippen molar-refractivity contribution in [2.24, 2.45) is 0 Å². The van der Waals surface area contributed by atoms with Crippen LogP contribution >= 0.6 is 27.5 Å². The summed E-state index contributed by atoms with van der Waals surface area (Å²) in [7, 11) is 0. The molecule has 0 aliphatic carbocycles. The van der Waals surface area contributed by atoms with Crippen LogP contribution in [-0.4, -0.2) is 5.78 Å². The minimum atomic E-state index is -0.404.